The Morgan fingerprint density at radius 2 is 1.89 bits per heavy atom. The lowest BCUT2D eigenvalue weighted by Crippen LogP contribution is -2.54. The minimum absolute atomic E-state index is 0.132. The molecule has 0 aromatic heterocycles. The average Bonchev–Trinajstić information content (AvgIpc) is 2.44. The van der Waals surface area contributed by atoms with Crippen LogP contribution in [0.15, 0.2) is 0 Å². The second-order valence-electron chi connectivity index (χ2n) is 5.87. The van der Waals surface area contributed by atoms with Crippen molar-refractivity contribution in [1.29, 1.82) is 0 Å². The first kappa shape index (κ1) is 16.9. The molecule has 1 aliphatic rings. The number of nitrogens with two attached hydrogens (primary N) is 1. The Kier molecular flexibility index (Phi) is 7.96. The van der Waals surface area contributed by atoms with Gasteiger partial charge >= 0.3 is 0 Å². The summed E-state index contributed by atoms with van der Waals surface area (Å²) in [5.41, 5.74) is 6.40. The Balaban J connectivity index is 2.57. The van der Waals surface area contributed by atoms with Gasteiger partial charge in [-0.25, -0.2) is 0 Å². The zero-order valence-corrected chi connectivity index (χ0v) is 13.1. The lowest BCUT2D eigenvalue weighted by Gasteiger charge is -2.42. The van der Waals surface area contributed by atoms with E-state index in [0.29, 0.717) is 0 Å². The van der Waals surface area contributed by atoms with Crippen molar-refractivity contribution in [1.82, 2.24) is 0 Å². The molecule has 0 radical (unpaired) electrons. The van der Waals surface area contributed by atoms with Gasteiger partial charge in [0.1, 0.15) is 0 Å². The summed E-state index contributed by atoms with van der Waals surface area (Å²) in [6.07, 6.45) is 8.12. The molecule has 0 aliphatic carbocycles. The normalized spacial score (nSPS) is 22.1. The number of ether oxygens (including phenoxy) is 2. The van der Waals surface area contributed by atoms with Crippen LogP contribution in [0.25, 0.3) is 0 Å². The summed E-state index contributed by atoms with van der Waals surface area (Å²) in [5.74, 6) is 0.745. The van der Waals surface area contributed by atoms with E-state index in [1.165, 1.54) is 25.7 Å². The minimum atomic E-state index is -0.132. The molecule has 1 aliphatic heterocycles. The van der Waals surface area contributed by atoms with Gasteiger partial charge in [0.05, 0.1) is 5.60 Å². The molecule has 0 aromatic rings. The Hall–Kier alpha value is -0.120. The molecule has 1 rings (SSSR count). The van der Waals surface area contributed by atoms with Crippen LogP contribution >= 0.6 is 0 Å². The van der Waals surface area contributed by atoms with Crippen molar-refractivity contribution >= 4 is 0 Å². The molecule has 1 heterocycles. The summed E-state index contributed by atoms with van der Waals surface area (Å²) in [4.78, 5) is 0. The summed E-state index contributed by atoms with van der Waals surface area (Å²) >= 11 is 0. The lowest BCUT2D eigenvalue weighted by molar-refractivity contribution is -0.123. The van der Waals surface area contributed by atoms with Gasteiger partial charge in [0, 0.05) is 38.7 Å². The highest BCUT2D eigenvalue weighted by atomic mass is 16.5. The fourth-order valence-corrected chi connectivity index (χ4v) is 3.18. The van der Waals surface area contributed by atoms with E-state index < -0.39 is 0 Å². The Bertz CT molecular complexity index is 221. The summed E-state index contributed by atoms with van der Waals surface area (Å²) < 4.78 is 11.6. The van der Waals surface area contributed by atoms with E-state index in [1.54, 1.807) is 0 Å². The third kappa shape index (κ3) is 5.05. The molecule has 0 spiro atoms. The van der Waals surface area contributed by atoms with E-state index in [9.17, 15) is 0 Å². The van der Waals surface area contributed by atoms with Gasteiger partial charge in [-0.15, -0.1) is 0 Å². The van der Waals surface area contributed by atoms with Crippen molar-refractivity contribution in [3.05, 3.63) is 0 Å². The van der Waals surface area contributed by atoms with E-state index in [2.05, 4.69) is 20.8 Å². The smallest absolute Gasteiger partial charge is 0.0876 e. The molecule has 0 bridgehead atoms. The molecular formula is C16H33NO2. The van der Waals surface area contributed by atoms with E-state index in [4.69, 9.17) is 15.2 Å². The van der Waals surface area contributed by atoms with Crippen molar-refractivity contribution in [3.63, 3.8) is 0 Å². The molecule has 3 heteroatoms. The molecule has 19 heavy (non-hydrogen) atoms. The molecule has 0 saturated carbocycles. The van der Waals surface area contributed by atoms with E-state index >= 15 is 0 Å². The maximum atomic E-state index is 6.54. The van der Waals surface area contributed by atoms with Crippen LogP contribution in [0.2, 0.25) is 0 Å². The first-order valence-corrected chi connectivity index (χ1v) is 8.15. The van der Waals surface area contributed by atoms with Gasteiger partial charge < -0.3 is 15.2 Å². The molecule has 1 fully saturated rings. The molecule has 0 amide bonds. The van der Waals surface area contributed by atoms with Gasteiger partial charge in [0.2, 0.25) is 0 Å². The van der Waals surface area contributed by atoms with Gasteiger partial charge in [-0.1, -0.05) is 39.5 Å². The van der Waals surface area contributed by atoms with Gasteiger partial charge in [-0.3, -0.25) is 0 Å². The van der Waals surface area contributed by atoms with Gasteiger partial charge in [-0.2, -0.15) is 0 Å². The monoisotopic (exact) mass is 271 g/mol. The topological polar surface area (TPSA) is 44.5 Å². The number of hydrogen-bond acceptors (Lipinski definition) is 3. The first-order valence-electron chi connectivity index (χ1n) is 8.15. The predicted octanol–water partition coefficient (Wildman–Crippen LogP) is 3.51. The number of unbranched alkanes of at least 4 members (excludes halogenated alkanes) is 1. The van der Waals surface area contributed by atoms with Crippen LogP contribution in [0.1, 0.15) is 65.7 Å². The summed E-state index contributed by atoms with van der Waals surface area (Å²) in [7, 11) is 0. The maximum absolute atomic E-state index is 6.54. The molecule has 2 N–H and O–H groups in total. The van der Waals surface area contributed by atoms with E-state index in [0.717, 1.165) is 45.0 Å². The quantitative estimate of drug-likeness (QED) is 0.698. The highest BCUT2D eigenvalue weighted by Crippen LogP contribution is 2.32. The zero-order chi connectivity index (χ0) is 14.1. The average molecular weight is 271 g/mol. The van der Waals surface area contributed by atoms with Crippen molar-refractivity contribution in [2.24, 2.45) is 11.7 Å². The van der Waals surface area contributed by atoms with Crippen molar-refractivity contribution in [3.8, 4) is 0 Å². The van der Waals surface area contributed by atoms with Crippen LogP contribution in [-0.2, 0) is 9.47 Å². The summed E-state index contributed by atoms with van der Waals surface area (Å²) in [6, 6.07) is 0.151. The standard InChI is InChI=1S/C16H33NO2/c1-4-7-8-14(5-2)13-15(17)16(19-6-3)9-11-18-12-10-16/h14-15H,4-13,17H2,1-3H3. The SMILES string of the molecule is CCCCC(CC)CC(N)C1(OCC)CCOCC1. The Morgan fingerprint density at radius 3 is 2.42 bits per heavy atom. The van der Waals surface area contributed by atoms with Crippen LogP contribution in [0.4, 0.5) is 0 Å². The van der Waals surface area contributed by atoms with E-state index in [-0.39, 0.29) is 11.6 Å². The minimum Gasteiger partial charge on any atom is -0.381 e. The van der Waals surface area contributed by atoms with Crippen LogP contribution in [0.5, 0.6) is 0 Å². The van der Waals surface area contributed by atoms with Gasteiger partial charge in [0.25, 0.3) is 0 Å². The molecular weight excluding hydrogens is 238 g/mol. The fourth-order valence-electron chi connectivity index (χ4n) is 3.18. The van der Waals surface area contributed by atoms with Crippen molar-refractivity contribution in [2.45, 2.75) is 77.4 Å². The predicted molar refractivity (Wildman–Crippen MR) is 80.3 cm³/mol. The van der Waals surface area contributed by atoms with Crippen molar-refractivity contribution < 1.29 is 9.47 Å². The summed E-state index contributed by atoms with van der Waals surface area (Å²) in [5, 5.41) is 0. The highest BCUT2D eigenvalue weighted by molar-refractivity contribution is 4.94. The highest BCUT2D eigenvalue weighted by Gasteiger charge is 2.39. The van der Waals surface area contributed by atoms with Crippen LogP contribution in [-0.4, -0.2) is 31.5 Å². The maximum Gasteiger partial charge on any atom is 0.0876 e. The fraction of sp³-hybridized carbons (Fsp3) is 1.00. The lowest BCUT2D eigenvalue weighted by atomic mass is 9.80. The van der Waals surface area contributed by atoms with Gasteiger partial charge in [-0.05, 0) is 19.3 Å². The largest absolute Gasteiger partial charge is 0.381 e. The van der Waals surface area contributed by atoms with Crippen molar-refractivity contribution in [2.75, 3.05) is 19.8 Å². The molecule has 0 aromatic carbocycles. The zero-order valence-electron chi connectivity index (χ0n) is 13.1. The van der Waals surface area contributed by atoms with Crippen LogP contribution in [0.3, 0.4) is 0 Å². The third-order valence-electron chi connectivity index (χ3n) is 4.58. The molecule has 114 valence electrons. The number of hydrogen-bond donors (Lipinski definition) is 1. The second kappa shape index (κ2) is 8.93. The number of rotatable bonds is 9. The van der Waals surface area contributed by atoms with E-state index in [1.807, 2.05) is 0 Å². The van der Waals surface area contributed by atoms with Crippen LogP contribution < -0.4 is 5.73 Å². The second-order valence-corrected chi connectivity index (χ2v) is 5.87. The first-order chi connectivity index (χ1) is 9.18. The Labute approximate surface area is 119 Å². The molecule has 2 atom stereocenters. The van der Waals surface area contributed by atoms with Crippen LogP contribution in [0, 0.1) is 5.92 Å². The summed E-state index contributed by atoms with van der Waals surface area (Å²) in [6.45, 7) is 8.94. The molecule has 2 unspecified atom stereocenters. The third-order valence-corrected chi connectivity index (χ3v) is 4.58. The molecule has 3 nitrogen and oxygen atoms in total. The Morgan fingerprint density at radius 1 is 1.21 bits per heavy atom. The van der Waals surface area contributed by atoms with Gasteiger partial charge in [0.15, 0.2) is 0 Å². The molecule has 1 saturated heterocycles.